The van der Waals surface area contributed by atoms with E-state index in [9.17, 15) is 14.8 Å². The molecule has 2 heterocycles. The number of benzene rings is 2. The van der Waals surface area contributed by atoms with Crippen LogP contribution in [0.4, 0.5) is 5.69 Å². The van der Waals surface area contributed by atoms with Crippen LogP contribution in [0.3, 0.4) is 0 Å². The molecule has 2 amide bonds. The molecule has 4 N–H and O–H groups in total. The quantitative estimate of drug-likeness (QED) is 0.422. The molecular formula is C19H16N4O3. The van der Waals surface area contributed by atoms with E-state index in [4.69, 9.17) is 0 Å². The van der Waals surface area contributed by atoms with Gasteiger partial charge in [-0.25, -0.2) is 0 Å². The zero-order chi connectivity index (χ0) is 18.1. The van der Waals surface area contributed by atoms with Gasteiger partial charge in [0.05, 0.1) is 5.71 Å². The molecule has 130 valence electrons. The molecule has 2 aromatic carbocycles. The summed E-state index contributed by atoms with van der Waals surface area (Å²) in [5.41, 5.74) is 3.13. The van der Waals surface area contributed by atoms with Gasteiger partial charge in [-0.05, 0) is 30.3 Å². The number of hydrogen-bond donors (Lipinski definition) is 4. The second kappa shape index (κ2) is 6.36. The number of nitrogens with one attached hydrogen (secondary N) is 3. The molecule has 7 heteroatoms. The maximum absolute atomic E-state index is 12.6. The van der Waals surface area contributed by atoms with Crippen molar-refractivity contribution in [2.45, 2.75) is 6.42 Å². The first-order valence-electron chi connectivity index (χ1n) is 8.19. The molecule has 0 radical (unpaired) electrons. The number of hydrogen-bond acceptors (Lipinski definition) is 4. The van der Waals surface area contributed by atoms with Crippen LogP contribution in [0.5, 0.6) is 0 Å². The van der Waals surface area contributed by atoms with Gasteiger partial charge in [-0.1, -0.05) is 23.4 Å². The number of aromatic nitrogens is 1. The van der Waals surface area contributed by atoms with Crippen molar-refractivity contribution in [3.8, 4) is 0 Å². The lowest BCUT2D eigenvalue weighted by Gasteiger charge is -2.06. The van der Waals surface area contributed by atoms with Gasteiger partial charge in [-0.2, -0.15) is 0 Å². The Kier molecular flexibility index (Phi) is 3.89. The minimum atomic E-state index is -0.259. The molecule has 26 heavy (non-hydrogen) atoms. The van der Waals surface area contributed by atoms with Crippen molar-refractivity contribution in [1.29, 1.82) is 0 Å². The number of rotatable bonds is 2. The Bertz CT molecular complexity index is 1040. The van der Waals surface area contributed by atoms with Crippen LogP contribution in [0.1, 0.15) is 32.8 Å². The molecule has 0 spiro atoms. The fraction of sp³-hybridized carbons (Fsp3) is 0.105. The van der Waals surface area contributed by atoms with Crippen molar-refractivity contribution in [3.05, 3.63) is 65.4 Å². The Morgan fingerprint density at radius 1 is 1.15 bits per heavy atom. The van der Waals surface area contributed by atoms with Crippen LogP contribution in [0.2, 0.25) is 0 Å². The van der Waals surface area contributed by atoms with Crippen LogP contribution >= 0.6 is 0 Å². The van der Waals surface area contributed by atoms with Gasteiger partial charge >= 0.3 is 0 Å². The number of nitrogens with zero attached hydrogens (tertiary/aromatic N) is 1. The third-order valence-corrected chi connectivity index (χ3v) is 4.38. The number of carbonyl (C=O) groups is 2. The molecule has 0 aliphatic carbocycles. The Morgan fingerprint density at radius 2 is 1.96 bits per heavy atom. The Balaban J connectivity index is 1.79. The van der Waals surface area contributed by atoms with Gasteiger partial charge < -0.3 is 20.8 Å². The van der Waals surface area contributed by atoms with Crippen molar-refractivity contribution >= 4 is 34.1 Å². The van der Waals surface area contributed by atoms with Gasteiger partial charge in [0, 0.05) is 40.7 Å². The smallest absolute Gasteiger partial charge is 0.268 e. The number of H-pyrrole nitrogens is 1. The van der Waals surface area contributed by atoms with Crippen LogP contribution in [0.25, 0.3) is 10.9 Å². The highest BCUT2D eigenvalue weighted by molar-refractivity contribution is 6.20. The van der Waals surface area contributed by atoms with Gasteiger partial charge in [0.25, 0.3) is 11.8 Å². The summed E-state index contributed by atoms with van der Waals surface area (Å²) in [7, 11) is 0. The first-order chi connectivity index (χ1) is 12.7. The topological polar surface area (TPSA) is 107 Å². The first kappa shape index (κ1) is 15.9. The number of para-hydroxylation sites is 1. The van der Waals surface area contributed by atoms with Crippen LogP contribution in [0.15, 0.2) is 53.7 Å². The van der Waals surface area contributed by atoms with Crippen LogP contribution in [0, 0.1) is 0 Å². The lowest BCUT2D eigenvalue weighted by molar-refractivity contribution is 0.0951. The van der Waals surface area contributed by atoms with Gasteiger partial charge in [0.1, 0.15) is 5.69 Å². The van der Waals surface area contributed by atoms with E-state index in [1.54, 1.807) is 30.3 Å². The van der Waals surface area contributed by atoms with E-state index in [1.165, 1.54) is 0 Å². The van der Waals surface area contributed by atoms with E-state index in [0.717, 1.165) is 0 Å². The van der Waals surface area contributed by atoms with E-state index >= 15 is 0 Å². The molecule has 1 aliphatic heterocycles. The molecule has 0 saturated heterocycles. The SMILES string of the molecule is O=C(Nc1ccccc1)c1ccc2[nH]c3c(c2c1)/C(=N/O)CCNC3=O. The Labute approximate surface area is 148 Å². The van der Waals surface area contributed by atoms with Crippen molar-refractivity contribution in [3.63, 3.8) is 0 Å². The van der Waals surface area contributed by atoms with Crippen LogP contribution < -0.4 is 10.6 Å². The highest BCUT2D eigenvalue weighted by atomic mass is 16.4. The second-order valence-electron chi connectivity index (χ2n) is 6.01. The standard InChI is InChI=1S/C19H16N4O3/c24-18(21-12-4-2-1-3-5-12)11-6-7-14-13(10-11)16-15(23-26)8-9-20-19(25)17(16)22-14/h1-7,10,22,26H,8-9H2,(H,20,25)(H,21,24)/b23-15+. The molecular weight excluding hydrogens is 332 g/mol. The van der Waals surface area contributed by atoms with Crippen molar-refractivity contribution in [2.24, 2.45) is 5.16 Å². The number of anilines is 1. The van der Waals surface area contributed by atoms with Crippen LogP contribution in [-0.2, 0) is 0 Å². The third-order valence-electron chi connectivity index (χ3n) is 4.38. The van der Waals surface area contributed by atoms with Gasteiger partial charge in [-0.15, -0.1) is 0 Å². The summed E-state index contributed by atoms with van der Waals surface area (Å²) in [5, 5.41) is 19.0. The first-order valence-corrected chi connectivity index (χ1v) is 8.19. The fourth-order valence-corrected chi connectivity index (χ4v) is 3.14. The highest BCUT2D eigenvalue weighted by Gasteiger charge is 2.25. The van der Waals surface area contributed by atoms with Crippen LogP contribution in [-0.4, -0.2) is 34.3 Å². The van der Waals surface area contributed by atoms with E-state index < -0.39 is 0 Å². The normalized spacial score (nSPS) is 15.4. The Hall–Kier alpha value is -3.61. The molecule has 0 bridgehead atoms. The van der Waals surface area contributed by atoms with E-state index in [2.05, 4.69) is 20.8 Å². The lowest BCUT2D eigenvalue weighted by atomic mass is 10.0. The lowest BCUT2D eigenvalue weighted by Crippen LogP contribution is -2.23. The third kappa shape index (κ3) is 2.69. The molecule has 1 aliphatic rings. The monoisotopic (exact) mass is 348 g/mol. The number of carbonyl (C=O) groups excluding carboxylic acids is 2. The van der Waals surface area contributed by atoms with E-state index in [1.807, 2.05) is 18.2 Å². The maximum Gasteiger partial charge on any atom is 0.268 e. The number of amides is 2. The predicted molar refractivity (Wildman–Crippen MR) is 98.0 cm³/mol. The molecule has 0 unspecified atom stereocenters. The maximum atomic E-state index is 12.6. The average molecular weight is 348 g/mol. The van der Waals surface area contributed by atoms with Crippen molar-refractivity contribution in [1.82, 2.24) is 10.3 Å². The Morgan fingerprint density at radius 3 is 2.73 bits per heavy atom. The number of aromatic amines is 1. The molecule has 0 fully saturated rings. The summed E-state index contributed by atoms with van der Waals surface area (Å²) >= 11 is 0. The summed E-state index contributed by atoms with van der Waals surface area (Å²) in [6.45, 7) is 0.385. The summed E-state index contributed by atoms with van der Waals surface area (Å²) in [6.07, 6.45) is 0.405. The molecule has 0 saturated carbocycles. The summed E-state index contributed by atoms with van der Waals surface area (Å²) in [5.74, 6) is -0.515. The van der Waals surface area contributed by atoms with E-state index in [-0.39, 0.29) is 11.8 Å². The zero-order valence-electron chi connectivity index (χ0n) is 13.7. The van der Waals surface area contributed by atoms with Gasteiger partial charge in [0.2, 0.25) is 0 Å². The average Bonchev–Trinajstić information content (AvgIpc) is 2.97. The number of oxime groups is 1. The molecule has 0 atom stereocenters. The fourth-order valence-electron chi connectivity index (χ4n) is 3.14. The predicted octanol–water partition coefficient (Wildman–Crippen LogP) is 2.73. The summed E-state index contributed by atoms with van der Waals surface area (Å²) in [6, 6.07) is 14.3. The largest absolute Gasteiger partial charge is 0.411 e. The minimum absolute atomic E-state index is 0.256. The summed E-state index contributed by atoms with van der Waals surface area (Å²) < 4.78 is 0. The summed E-state index contributed by atoms with van der Waals surface area (Å²) in [4.78, 5) is 27.8. The van der Waals surface area contributed by atoms with Crippen molar-refractivity contribution in [2.75, 3.05) is 11.9 Å². The molecule has 4 rings (SSSR count). The number of fused-ring (bicyclic) bond motifs is 3. The van der Waals surface area contributed by atoms with Crippen molar-refractivity contribution < 1.29 is 14.8 Å². The molecule has 3 aromatic rings. The second-order valence-corrected chi connectivity index (χ2v) is 6.01. The minimum Gasteiger partial charge on any atom is -0.411 e. The zero-order valence-corrected chi connectivity index (χ0v) is 13.7. The van der Waals surface area contributed by atoms with Gasteiger partial charge in [-0.3, -0.25) is 9.59 Å². The highest BCUT2D eigenvalue weighted by Crippen LogP contribution is 2.27. The van der Waals surface area contributed by atoms with E-state index in [0.29, 0.717) is 52.1 Å². The molecule has 7 nitrogen and oxygen atoms in total. The molecule has 1 aromatic heterocycles. The van der Waals surface area contributed by atoms with Gasteiger partial charge in [0.15, 0.2) is 0 Å².